The van der Waals surface area contributed by atoms with Gasteiger partial charge in [0, 0.05) is 24.1 Å². The van der Waals surface area contributed by atoms with Crippen LogP contribution in [0, 0.1) is 11.8 Å². The van der Waals surface area contributed by atoms with Crippen molar-refractivity contribution >= 4 is 25.8 Å². The molecule has 0 spiro atoms. The first kappa shape index (κ1) is 18.7. The number of halogens is 1. The summed E-state index contributed by atoms with van der Waals surface area (Å²) < 4.78 is 25.6. The fraction of sp³-hybridized carbons (Fsp3) is 0.625. The summed E-state index contributed by atoms with van der Waals surface area (Å²) in [5.74, 6) is 1.26. The Morgan fingerprint density at radius 3 is 1.90 bits per heavy atom. The van der Waals surface area contributed by atoms with Gasteiger partial charge in [0.1, 0.15) is 0 Å². The van der Waals surface area contributed by atoms with Gasteiger partial charge in [0.05, 0.1) is 10.6 Å². The minimum absolute atomic E-state index is 0.175. The van der Waals surface area contributed by atoms with E-state index in [1.165, 1.54) is 0 Å². The molecule has 0 atom stereocenters. The highest BCUT2D eigenvalue weighted by Crippen LogP contribution is 2.16. The van der Waals surface area contributed by atoms with Gasteiger partial charge in [0.2, 0.25) is 0 Å². The van der Waals surface area contributed by atoms with E-state index in [1.54, 1.807) is 24.3 Å². The van der Waals surface area contributed by atoms with Crippen LogP contribution in [0.25, 0.3) is 0 Å². The van der Waals surface area contributed by atoms with Gasteiger partial charge in [0.15, 0.2) is 9.84 Å². The average Bonchev–Trinajstić information content (AvgIpc) is 2.35. The molecule has 0 bridgehead atoms. The molecule has 0 aliphatic carbocycles. The number of rotatable bonds is 8. The van der Waals surface area contributed by atoms with Crippen LogP contribution in [0.3, 0.4) is 0 Å². The first-order valence-electron chi connectivity index (χ1n) is 7.41. The maximum absolute atomic E-state index is 12.4. The van der Waals surface area contributed by atoms with Gasteiger partial charge in [-0.05, 0) is 36.1 Å². The molecule has 0 heterocycles. The predicted molar refractivity (Wildman–Crippen MR) is 92.3 cm³/mol. The second-order valence-electron chi connectivity index (χ2n) is 6.32. The van der Waals surface area contributed by atoms with E-state index >= 15 is 0 Å². The van der Waals surface area contributed by atoms with Crippen molar-refractivity contribution < 1.29 is 8.42 Å². The van der Waals surface area contributed by atoms with Gasteiger partial charge in [-0.15, -0.1) is 0 Å². The molecule has 1 aromatic carbocycles. The van der Waals surface area contributed by atoms with Crippen LogP contribution >= 0.6 is 15.9 Å². The molecule has 0 aliphatic rings. The molecule has 0 saturated heterocycles. The zero-order chi connectivity index (χ0) is 16.0. The van der Waals surface area contributed by atoms with Crippen molar-refractivity contribution in [2.45, 2.75) is 32.6 Å². The zero-order valence-electron chi connectivity index (χ0n) is 13.3. The lowest BCUT2D eigenvalue weighted by Crippen LogP contribution is -2.35. The third kappa shape index (κ3) is 6.94. The zero-order valence-corrected chi connectivity index (χ0v) is 15.7. The SMILES string of the molecule is CC(C)CN(CCS(=O)(=O)c1ccc(Br)cc1)CC(C)C. The van der Waals surface area contributed by atoms with Gasteiger partial charge in [-0.2, -0.15) is 0 Å². The van der Waals surface area contributed by atoms with Crippen molar-refractivity contribution in [2.75, 3.05) is 25.4 Å². The largest absolute Gasteiger partial charge is 0.302 e. The Bertz CT molecular complexity index is 514. The summed E-state index contributed by atoms with van der Waals surface area (Å²) in [5.41, 5.74) is 0. The third-order valence-electron chi connectivity index (χ3n) is 3.10. The summed E-state index contributed by atoms with van der Waals surface area (Å²) in [6.45, 7) is 11.1. The minimum atomic E-state index is -3.21. The first-order chi connectivity index (χ1) is 9.70. The van der Waals surface area contributed by atoms with Crippen LogP contribution < -0.4 is 0 Å². The fourth-order valence-corrected chi connectivity index (χ4v) is 3.85. The Balaban J connectivity index is 2.71. The number of benzene rings is 1. The monoisotopic (exact) mass is 375 g/mol. The summed E-state index contributed by atoms with van der Waals surface area (Å²) in [6, 6.07) is 6.86. The van der Waals surface area contributed by atoms with Crippen molar-refractivity contribution in [3.8, 4) is 0 Å². The molecule has 0 N–H and O–H groups in total. The van der Waals surface area contributed by atoms with Gasteiger partial charge in [0.25, 0.3) is 0 Å². The van der Waals surface area contributed by atoms with Crippen LogP contribution in [0.2, 0.25) is 0 Å². The third-order valence-corrected chi connectivity index (χ3v) is 5.33. The lowest BCUT2D eigenvalue weighted by Gasteiger charge is -2.25. The highest BCUT2D eigenvalue weighted by molar-refractivity contribution is 9.10. The fourth-order valence-electron chi connectivity index (χ4n) is 2.30. The standard InChI is InChI=1S/C16H26BrNO2S/c1-13(2)11-18(12-14(3)4)9-10-21(19,20)16-7-5-15(17)6-8-16/h5-8,13-14H,9-12H2,1-4H3. The highest BCUT2D eigenvalue weighted by Gasteiger charge is 2.17. The van der Waals surface area contributed by atoms with Crippen molar-refractivity contribution in [3.63, 3.8) is 0 Å². The molecule has 1 rings (SSSR count). The second-order valence-corrected chi connectivity index (χ2v) is 9.34. The van der Waals surface area contributed by atoms with E-state index in [0.29, 0.717) is 23.3 Å². The normalized spacial score (nSPS) is 12.6. The van der Waals surface area contributed by atoms with Crippen LogP contribution in [0.15, 0.2) is 33.6 Å². The molecule has 5 heteroatoms. The maximum Gasteiger partial charge on any atom is 0.179 e. The molecule has 0 fully saturated rings. The minimum Gasteiger partial charge on any atom is -0.302 e. The molecular weight excluding hydrogens is 350 g/mol. The Labute approximate surface area is 137 Å². The van der Waals surface area contributed by atoms with E-state index in [2.05, 4.69) is 48.5 Å². The molecular formula is C16H26BrNO2S. The maximum atomic E-state index is 12.4. The number of nitrogens with zero attached hydrogens (tertiary/aromatic N) is 1. The number of hydrogen-bond acceptors (Lipinski definition) is 3. The molecule has 21 heavy (non-hydrogen) atoms. The van der Waals surface area contributed by atoms with Gasteiger partial charge >= 0.3 is 0 Å². The molecule has 3 nitrogen and oxygen atoms in total. The molecule has 120 valence electrons. The molecule has 0 radical (unpaired) electrons. The van der Waals surface area contributed by atoms with Gasteiger partial charge in [-0.25, -0.2) is 8.42 Å². The first-order valence-corrected chi connectivity index (χ1v) is 9.86. The van der Waals surface area contributed by atoms with Crippen LogP contribution in [0.4, 0.5) is 0 Å². The van der Waals surface area contributed by atoms with E-state index in [9.17, 15) is 8.42 Å². The van der Waals surface area contributed by atoms with Gasteiger partial charge in [-0.3, -0.25) is 0 Å². The van der Waals surface area contributed by atoms with E-state index in [0.717, 1.165) is 17.6 Å². The Morgan fingerprint density at radius 2 is 1.48 bits per heavy atom. The Kier molecular flexibility index (Phi) is 7.37. The summed E-state index contributed by atoms with van der Waals surface area (Å²) in [4.78, 5) is 2.66. The highest BCUT2D eigenvalue weighted by atomic mass is 79.9. The van der Waals surface area contributed by atoms with Crippen molar-refractivity contribution in [1.29, 1.82) is 0 Å². The van der Waals surface area contributed by atoms with Crippen LogP contribution in [-0.4, -0.2) is 38.7 Å². The number of sulfone groups is 1. The quantitative estimate of drug-likeness (QED) is 0.692. The van der Waals surface area contributed by atoms with Crippen LogP contribution in [0.1, 0.15) is 27.7 Å². The van der Waals surface area contributed by atoms with Crippen molar-refractivity contribution in [1.82, 2.24) is 4.90 Å². The van der Waals surface area contributed by atoms with Gasteiger partial charge < -0.3 is 4.90 Å². The lowest BCUT2D eigenvalue weighted by atomic mass is 10.1. The molecule has 0 aliphatic heterocycles. The Morgan fingerprint density at radius 1 is 1.00 bits per heavy atom. The summed E-state index contributed by atoms with van der Waals surface area (Å²) in [5, 5.41) is 0. The van der Waals surface area contributed by atoms with Crippen molar-refractivity contribution in [3.05, 3.63) is 28.7 Å². The van der Waals surface area contributed by atoms with Crippen LogP contribution in [-0.2, 0) is 9.84 Å². The molecule has 0 unspecified atom stereocenters. The smallest absolute Gasteiger partial charge is 0.179 e. The molecule has 0 amide bonds. The second kappa shape index (κ2) is 8.30. The summed E-state index contributed by atoms with van der Waals surface area (Å²) in [7, 11) is -3.21. The Hall–Kier alpha value is -0.390. The summed E-state index contributed by atoms with van der Waals surface area (Å²) in [6.07, 6.45) is 0. The predicted octanol–water partition coefficient (Wildman–Crippen LogP) is 3.84. The van der Waals surface area contributed by atoms with Gasteiger partial charge in [-0.1, -0.05) is 43.6 Å². The van der Waals surface area contributed by atoms with Crippen molar-refractivity contribution in [2.24, 2.45) is 11.8 Å². The molecule has 1 aromatic rings. The lowest BCUT2D eigenvalue weighted by molar-refractivity contribution is 0.231. The topological polar surface area (TPSA) is 37.4 Å². The van der Waals surface area contributed by atoms with E-state index < -0.39 is 9.84 Å². The average molecular weight is 376 g/mol. The van der Waals surface area contributed by atoms with E-state index in [-0.39, 0.29) is 5.75 Å². The molecule has 0 aromatic heterocycles. The van der Waals surface area contributed by atoms with E-state index in [1.807, 2.05) is 0 Å². The number of hydrogen-bond donors (Lipinski definition) is 0. The van der Waals surface area contributed by atoms with E-state index in [4.69, 9.17) is 0 Å². The molecule has 0 saturated carbocycles. The summed E-state index contributed by atoms with van der Waals surface area (Å²) >= 11 is 3.33. The van der Waals surface area contributed by atoms with Crippen LogP contribution in [0.5, 0.6) is 0 Å².